The lowest BCUT2D eigenvalue weighted by Gasteiger charge is -2.12. The number of hydrogen-bond acceptors (Lipinski definition) is 2. The molecule has 3 heteroatoms. The molecule has 0 aliphatic carbocycles. The number of carbonyl (C=O) groups is 1. The van der Waals surface area contributed by atoms with Crippen molar-refractivity contribution in [3.05, 3.63) is 34.9 Å². The van der Waals surface area contributed by atoms with E-state index in [-0.39, 0.29) is 12.5 Å². The molecule has 0 heterocycles. The molecule has 0 aromatic heterocycles. The van der Waals surface area contributed by atoms with Gasteiger partial charge in [-0.25, -0.2) is 0 Å². The van der Waals surface area contributed by atoms with Gasteiger partial charge in [-0.3, -0.25) is 0 Å². The molecule has 0 radical (unpaired) electrons. The predicted molar refractivity (Wildman–Crippen MR) is 55.8 cm³/mol. The maximum atomic E-state index is 10.3. The molecule has 0 saturated carbocycles. The van der Waals surface area contributed by atoms with E-state index in [0.29, 0.717) is 6.42 Å². The summed E-state index contributed by atoms with van der Waals surface area (Å²) in [6.45, 7) is 4.04. The van der Waals surface area contributed by atoms with Crippen LogP contribution in [0, 0.1) is 13.8 Å². The van der Waals surface area contributed by atoms with Gasteiger partial charge >= 0.3 is 0 Å². The third-order valence-corrected chi connectivity index (χ3v) is 2.57. The van der Waals surface area contributed by atoms with Crippen molar-refractivity contribution in [1.82, 2.24) is 0 Å². The zero-order chi connectivity index (χ0) is 11.4. The molecule has 1 aromatic rings. The molecule has 0 saturated heterocycles. The molecule has 0 bridgehead atoms. The van der Waals surface area contributed by atoms with E-state index in [9.17, 15) is 9.90 Å². The Morgan fingerprint density at radius 2 is 2.13 bits per heavy atom. The fraction of sp³-hybridized carbons (Fsp3) is 0.417. The van der Waals surface area contributed by atoms with Crippen molar-refractivity contribution >= 4 is 5.97 Å². The number of hydrogen-bond donors (Lipinski definition) is 1. The number of benzene rings is 1. The Hall–Kier alpha value is -1.35. The summed E-state index contributed by atoms with van der Waals surface area (Å²) in [5.74, 6) is -1.01. The third-order valence-electron chi connectivity index (χ3n) is 2.57. The number of carboxylic acid groups (broad SMARTS) is 1. The molecule has 1 atom stereocenters. The molecule has 15 heavy (non-hydrogen) atoms. The Labute approximate surface area is 89.9 Å². The zero-order valence-corrected chi connectivity index (χ0v) is 9.25. The van der Waals surface area contributed by atoms with Crippen molar-refractivity contribution < 1.29 is 15.6 Å². The minimum atomic E-state index is -1.01. The van der Waals surface area contributed by atoms with Gasteiger partial charge in [0.1, 0.15) is 6.04 Å². The summed E-state index contributed by atoms with van der Waals surface area (Å²) in [5, 5.41) is 10.3. The second kappa shape index (κ2) is 4.94. The lowest BCUT2D eigenvalue weighted by atomic mass is 9.96. The number of carboxylic acids is 1. The lowest BCUT2D eigenvalue weighted by molar-refractivity contribution is -0.429. The average molecular weight is 207 g/mol. The molecule has 0 spiro atoms. The average Bonchev–Trinajstić information content (AvgIpc) is 2.18. The summed E-state index contributed by atoms with van der Waals surface area (Å²) in [5.41, 5.74) is 7.47. The summed E-state index contributed by atoms with van der Waals surface area (Å²) in [7, 11) is 0. The van der Waals surface area contributed by atoms with Crippen LogP contribution in [0.15, 0.2) is 18.2 Å². The van der Waals surface area contributed by atoms with Crippen LogP contribution in [0.25, 0.3) is 0 Å². The molecule has 3 nitrogen and oxygen atoms in total. The van der Waals surface area contributed by atoms with Gasteiger partial charge < -0.3 is 15.6 Å². The largest absolute Gasteiger partial charge is 0.550 e. The fourth-order valence-electron chi connectivity index (χ4n) is 1.65. The molecule has 0 aliphatic heterocycles. The minimum Gasteiger partial charge on any atom is -0.550 e. The second-order valence-electron chi connectivity index (χ2n) is 3.97. The summed E-state index contributed by atoms with van der Waals surface area (Å²) in [4.78, 5) is 10.3. The van der Waals surface area contributed by atoms with E-state index in [1.165, 1.54) is 11.1 Å². The fourth-order valence-corrected chi connectivity index (χ4v) is 1.65. The molecule has 0 unspecified atom stereocenters. The molecule has 0 amide bonds. The van der Waals surface area contributed by atoms with Crippen LogP contribution in [0.3, 0.4) is 0 Å². The Balaban J connectivity index is 2.76. The first-order chi connectivity index (χ1) is 7.00. The highest BCUT2D eigenvalue weighted by atomic mass is 16.4. The van der Waals surface area contributed by atoms with Crippen LogP contribution >= 0.6 is 0 Å². The lowest BCUT2D eigenvalue weighted by Crippen LogP contribution is -2.54. The van der Waals surface area contributed by atoms with E-state index in [1.807, 2.05) is 26.0 Å². The Kier molecular flexibility index (Phi) is 3.86. The maximum absolute atomic E-state index is 10.3. The van der Waals surface area contributed by atoms with E-state index in [4.69, 9.17) is 0 Å². The van der Waals surface area contributed by atoms with Crippen molar-refractivity contribution in [3.8, 4) is 0 Å². The number of quaternary nitrogens is 1. The van der Waals surface area contributed by atoms with Gasteiger partial charge in [-0.1, -0.05) is 17.7 Å². The van der Waals surface area contributed by atoms with Gasteiger partial charge in [-0.15, -0.1) is 0 Å². The van der Waals surface area contributed by atoms with Crippen molar-refractivity contribution in [2.45, 2.75) is 32.7 Å². The Bertz CT molecular complexity index is 361. The molecule has 3 N–H and O–H groups in total. The standard InChI is InChI=1S/C12H17NO2/c1-8-3-4-9(2)10(7-8)11(13)5-6-12(14)15/h3-4,7,11H,5-6,13H2,1-2H3,(H,14,15)/t11-/m0/s1. The van der Waals surface area contributed by atoms with E-state index < -0.39 is 5.97 Å². The van der Waals surface area contributed by atoms with Crippen LogP contribution in [-0.4, -0.2) is 5.97 Å². The van der Waals surface area contributed by atoms with Crippen LogP contribution in [0.2, 0.25) is 0 Å². The minimum absolute atomic E-state index is 0.0304. The molecule has 1 aromatic carbocycles. The molecule has 0 fully saturated rings. The van der Waals surface area contributed by atoms with Gasteiger partial charge in [0.05, 0.1) is 0 Å². The quantitative estimate of drug-likeness (QED) is 0.761. The zero-order valence-electron chi connectivity index (χ0n) is 9.25. The van der Waals surface area contributed by atoms with Crippen LogP contribution in [0.5, 0.6) is 0 Å². The van der Waals surface area contributed by atoms with Crippen LogP contribution in [-0.2, 0) is 4.79 Å². The SMILES string of the molecule is Cc1ccc(C)c([C@@H]([NH3+])CCC(=O)[O-])c1. The first kappa shape index (κ1) is 11.7. The van der Waals surface area contributed by atoms with Crippen LogP contribution in [0.1, 0.15) is 35.6 Å². The van der Waals surface area contributed by atoms with Crippen molar-refractivity contribution in [2.75, 3.05) is 0 Å². The first-order valence-electron chi connectivity index (χ1n) is 5.11. The Morgan fingerprint density at radius 1 is 1.47 bits per heavy atom. The second-order valence-corrected chi connectivity index (χ2v) is 3.97. The molecular formula is C12H17NO2. The smallest absolute Gasteiger partial charge is 0.111 e. The molecule has 1 rings (SSSR count). The van der Waals surface area contributed by atoms with Gasteiger partial charge in [0.25, 0.3) is 0 Å². The maximum Gasteiger partial charge on any atom is 0.111 e. The summed E-state index contributed by atoms with van der Waals surface area (Å²) in [6, 6.07) is 6.19. The van der Waals surface area contributed by atoms with Gasteiger partial charge in [0, 0.05) is 18.0 Å². The highest BCUT2D eigenvalue weighted by Crippen LogP contribution is 2.19. The Morgan fingerprint density at radius 3 is 2.73 bits per heavy atom. The van der Waals surface area contributed by atoms with Crippen LogP contribution < -0.4 is 10.8 Å². The normalized spacial score (nSPS) is 12.5. The summed E-state index contributed by atoms with van der Waals surface area (Å²) in [6.07, 6.45) is 0.605. The number of carbonyl (C=O) groups excluding carboxylic acids is 1. The number of aryl methyl sites for hydroxylation is 2. The van der Waals surface area contributed by atoms with Crippen molar-refractivity contribution in [1.29, 1.82) is 0 Å². The summed E-state index contributed by atoms with van der Waals surface area (Å²) >= 11 is 0. The molecular weight excluding hydrogens is 190 g/mol. The monoisotopic (exact) mass is 207 g/mol. The molecule has 0 aliphatic rings. The third kappa shape index (κ3) is 3.36. The van der Waals surface area contributed by atoms with E-state index in [0.717, 1.165) is 5.56 Å². The van der Waals surface area contributed by atoms with Crippen molar-refractivity contribution in [2.24, 2.45) is 0 Å². The van der Waals surface area contributed by atoms with E-state index in [1.54, 1.807) is 0 Å². The van der Waals surface area contributed by atoms with Gasteiger partial charge in [-0.2, -0.15) is 0 Å². The van der Waals surface area contributed by atoms with Crippen molar-refractivity contribution in [3.63, 3.8) is 0 Å². The van der Waals surface area contributed by atoms with Gasteiger partial charge in [-0.05, 0) is 31.9 Å². The van der Waals surface area contributed by atoms with Crippen LogP contribution in [0.4, 0.5) is 0 Å². The van der Waals surface area contributed by atoms with E-state index in [2.05, 4.69) is 11.8 Å². The molecule has 82 valence electrons. The van der Waals surface area contributed by atoms with E-state index >= 15 is 0 Å². The highest BCUT2D eigenvalue weighted by molar-refractivity contribution is 5.64. The number of rotatable bonds is 4. The first-order valence-corrected chi connectivity index (χ1v) is 5.11. The predicted octanol–water partition coefficient (Wildman–Crippen LogP) is 0.117. The summed E-state index contributed by atoms with van der Waals surface area (Å²) < 4.78 is 0. The van der Waals surface area contributed by atoms with Gasteiger partial charge in [0.2, 0.25) is 0 Å². The van der Waals surface area contributed by atoms with Gasteiger partial charge in [0.15, 0.2) is 0 Å². The topological polar surface area (TPSA) is 67.8 Å². The highest BCUT2D eigenvalue weighted by Gasteiger charge is 2.12. The number of aliphatic carboxylic acids is 1.